The molecule has 0 radical (unpaired) electrons. The maximum Gasteiger partial charge on any atom is 0.338 e. The van der Waals surface area contributed by atoms with Crippen molar-refractivity contribution in [1.82, 2.24) is 4.90 Å². The van der Waals surface area contributed by atoms with Gasteiger partial charge in [0.25, 0.3) is 0 Å². The smallest absolute Gasteiger partial charge is 0.338 e. The van der Waals surface area contributed by atoms with E-state index in [2.05, 4.69) is 4.90 Å². The number of rotatable bonds is 4. The van der Waals surface area contributed by atoms with Crippen LogP contribution >= 0.6 is 0 Å². The number of hydrogen-bond acceptors (Lipinski definition) is 6. The monoisotopic (exact) mass is 333 g/mol. The van der Waals surface area contributed by atoms with Gasteiger partial charge in [0.1, 0.15) is 12.0 Å². The zero-order valence-electron chi connectivity index (χ0n) is 14.2. The first-order chi connectivity index (χ1) is 11.6. The van der Waals surface area contributed by atoms with Gasteiger partial charge in [0.05, 0.1) is 24.8 Å². The first-order valence-corrected chi connectivity index (χ1v) is 8.15. The minimum Gasteiger partial charge on any atom is -0.469 e. The number of methoxy groups -OCH3 is 2. The maximum absolute atomic E-state index is 12.4. The molecule has 2 saturated heterocycles. The summed E-state index contributed by atoms with van der Waals surface area (Å²) in [5, 5.41) is 0. The summed E-state index contributed by atoms with van der Waals surface area (Å²) in [5.41, 5.74) is 0.482. The lowest BCUT2D eigenvalue weighted by molar-refractivity contribution is -0.158. The zero-order valence-corrected chi connectivity index (χ0v) is 14.2. The lowest BCUT2D eigenvalue weighted by atomic mass is 9.87. The van der Waals surface area contributed by atoms with E-state index in [0.29, 0.717) is 12.0 Å². The molecule has 0 amide bonds. The third-order valence-corrected chi connectivity index (χ3v) is 5.25. The highest BCUT2D eigenvalue weighted by Crippen LogP contribution is 2.41. The number of esters is 2. The Morgan fingerprint density at radius 2 is 1.75 bits per heavy atom. The second-order valence-electron chi connectivity index (χ2n) is 6.41. The van der Waals surface area contributed by atoms with Crippen molar-refractivity contribution >= 4 is 11.9 Å². The predicted octanol–water partition coefficient (Wildman–Crippen LogP) is 1.49. The third kappa shape index (κ3) is 2.91. The Labute approximate surface area is 141 Å². The SMILES string of the molecule is COC(=O)[C@@H]1C2[C@H](OC)CC(C[C@@H]1OC(=O)c1ccccc1)N2C. The number of likely N-dealkylation sites (N-methyl/N-ethyl adjacent to an activating group) is 1. The number of carbonyl (C=O) groups excluding carboxylic acids is 2. The van der Waals surface area contributed by atoms with Crippen molar-refractivity contribution < 1.29 is 23.8 Å². The number of benzene rings is 1. The minimum absolute atomic E-state index is 0.0653. The molecule has 6 nitrogen and oxygen atoms in total. The molecule has 1 aromatic rings. The molecule has 130 valence electrons. The van der Waals surface area contributed by atoms with Crippen molar-refractivity contribution in [2.45, 2.75) is 37.1 Å². The molecule has 0 aliphatic carbocycles. The number of carbonyl (C=O) groups is 2. The van der Waals surface area contributed by atoms with Gasteiger partial charge in [-0.05, 0) is 25.6 Å². The number of ether oxygens (including phenoxy) is 3. The molecule has 24 heavy (non-hydrogen) atoms. The van der Waals surface area contributed by atoms with Gasteiger partial charge in [0.15, 0.2) is 0 Å². The summed E-state index contributed by atoms with van der Waals surface area (Å²) >= 11 is 0. The van der Waals surface area contributed by atoms with Gasteiger partial charge in [-0.2, -0.15) is 0 Å². The van der Waals surface area contributed by atoms with Gasteiger partial charge < -0.3 is 14.2 Å². The number of piperidine rings is 1. The highest BCUT2D eigenvalue weighted by atomic mass is 16.6. The molecule has 2 aliphatic rings. The Bertz CT molecular complexity index is 605. The van der Waals surface area contributed by atoms with E-state index in [1.54, 1.807) is 31.4 Å². The van der Waals surface area contributed by atoms with Gasteiger partial charge in [-0.15, -0.1) is 0 Å². The van der Waals surface area contributed by atoms with Crippen LogP contribution in [0.2, 0.25) is 0 Å². The highest BCUT2D eigenvalue weighted by Gasteiger charge is 2.55. The fraction of sp³-hybridized carbons (Fsp3) is 0.556. The maximum atomic E-state index is 12.4. The second kappa shape index (κ2) is 6.91. The van der Waals surface area contributed by atoms with Crippen LogP contribution in [0.25, 0.3) is 0 Å². The molecule has 2 heterocycles. The van der Waals surface area contributed by atoms with Crippen LogP contribution in [0.5, 0.6) is 0 Å². The number of fused-ring (bicyclic) bond motifs is 2. The summed E-state index contributed by atoms with van der Waals surface area (Å²) in [5.74, 6) is -1.32. The Morgan fingerprint density at radius 3 is 2.38 bits per heavy atom. The van der Waals surface area contributed by atoms with E-state index < -0.39 is 18.0 Å². The van der Waals surface area contributed by atoms with E-state index in [4.69, 9.17) is 14.2 Å². The summed E-state index contributed by atoms with van der Waals surface area (Å²) in [7, 11) is 5.00. The van der Waals surface area contributed by atoms with Crippen molar-refractivity contribution in [2.75, 3.05) is 21.3 Å². The molecule has 0 saturated carbocycles. The molecule has 3 rings (SSSR count). The quantitative estimate of drug-likeness (QED) is 0.778. The first kappa shape index (κ1) is 16.9. The van der Waals surface area contributed by atoms with Crippen molar-refractivity contribution in [1.29, 1.82) is 0 Å². The Hall–Kier alpha value is -1.92. The van der Waals surface area contributed by atoms with E-state index in [1.807, 2.05) is 13.1 Å². The van der Waals surface area contributed by atoms with Gasteiger partial charge in [-0.3, -0.25) is 9.69 Å². The molecule has 2 unspecified atom stereocenters. The van der Waals surface area contributed by atoms with Gasteiger partial charge >= 0.3 is 11.9 Å². The van der Waals surface area contributed by atoms with E-state index in [0.717, 1.165) is 6.42 Å². The van der Waals surface area contributed by atoms with E-state index in [1.165, 1.54) is 7.11 Å². The average Bonchev–Trinajstić information content (AvgIpc) is 2.81. The molecule has 6 heteroatoms. The van der Waals surface area contributed by atoms with Crippen LogP contribution in [-0.2, 0) is 19.0 Å². The van der Waals surface area contributed by atoms with Gasteiger partial charge in [0, 0.05) is 19.6 Å². The zero-order chi connectivity index (χ0) is 17.3. The fourth-order valence-corrected chi connectivity index (χ4v) is 4.03. The molecular weight excluding hydrogens is 310 g/mol. The molecule has 0 aromatic heterocycles. The van der Waals surface area contributed by atoms with Crippen molar-refractivity contribution in [2.24, 2.45) is 5.92 Å². The van der Waals surface area contributed by atoms with E-state index >= 15 is 0 Å². The standard InChI is InChI=1S/C18H23NO5/c1-19-12-9-13(24-17(20)11-7-5-4-6-8-11)15(18(21)23-3)16(19)14(10-12)22-2/h4-8,12-16H,9-10H2,1-3H3/t12?,13-,14+,15-,16?/m0/s1. The first-order valence-electron chi connectivity index (χ1n) is 8.15. The number of nitrogens with zero attached hydrogens (tertiary/aromatic N) is 1. The fourth-order valence-electron chi connectivity index (χ4n) is 4.03. The summed E-state index contributed by atoms with van der Waals surface area (Å²) in [6.07, 6.45) is 0.858. The number of hydrogen-bond donors (Lipinski definition) is 0. The Morgan fingerprint density at radius 1 is 1.08 bits per heavy atom. The molecule has 1 aromatic carbocycles. The summed E-state index contributed by atoms with van der Waals surface area (Å²) in [6, 6.07) is 8.91. The van der Waals surface area contributed by atoms with Crippen LogP contribution in [0, 0.1) is 5.92 Å². The Kier molecular flexibility index (Phi) is 4.87. The predicted molar refractivity (Wildman–Crippen MR) is 86.5 cm³/mol. The largest absolute Gasteiger partial charge is 0.469 e. The Balaban J connectivity index is 1.84. The van der Waals surface area contributed by atoms with Crippen LogP contribution < -0.4 is 0 Å². The molecular formula is C18H23NO5. The normalized spacial score (nSPS) is 32.4. The van der Waals surface area contributed by atoms with Crippen LogP contribution in [-0.4, -0.2) is 62.4 Å². The summed E-state index contributed by atoms with van der Waals surface area (Å²) < 4.78 is 16.3. The molecule has 0 N–H and O–H groups in total. The van der Waals surface area contributed by atoms with Crippen LogP contribution in [0.15, 0.2) is 30.3 Å². The van der Waals surface area contributed by atoms with Crippen LogP contribution in [0.3, 0.4) is 0 Å². The summed E-state index contributed by atoms with van der Waals surface area (Å²) in [6.45, 7) is 0. The van der Waals surface area contributed by atoms with Crippen LogP contribution in [0.1, 0.15) is 23.2 Å². The van der Waals surface area contributed by atoms with E-state index in [-0.39, 0.29) is 24.2 Å². The van der Waals surface area contributed by atoms with Gasteiger partial charge in [-0.25, -0.2) is 4.79 Å². The van der Waals surface area contributed by atoms with Crippen molar-refractivity contribution in [3.8, 4) is 0 Å². The second-order valence-corrected chi connectivity index (χ2v) is 6.41. The molecule has 2 aliphatic heterocycles. The lowest BCUT2D eigenvalue weighted by Crippen LogP contribution is -2.55. The molecule has 2 bridgehead atoms. The van der Waals surface area contributed by atoms with Crippen molar-refractivity contribution in [3.05, 3.63) is 35.9 Å². The lowest BCUT2D eigenvalue weighted by Gasteiger charge is -2.41. The molecule has 2 fully saturated rings. The highest BCUT2D eigenvalue weighted by molar-refractivity contribution is 5.89. The van der Waals surface area contributed by atoms with Crippen LogP contribution in [0.4, 0.5) is 0 Å². The topological polar surface area (TPSA) is 65.1 Å². The average molecular weight is 333 g/mol. The van der Waals surface area contributed by atoms with Gasteiger partial charge in [0.2, 0.25) is 0 Å². The van der Waals surface area contributed by atoms with Crippen molar-refractivity contribution in [3.63, 3.8) is 0 Å². The van der Waals surface area contributed by atoms with Gasteiger partial charge in [-0.1, -0.05) is 18.2 Å². The van der Waals surface area contributed by atoms with E-state index in [9.17, 15) is 9.59 Å². The summed E-state index contributed by atoms with van der Waals surface area (Å²) in [4.78, 5) is 27.0. The minimum atomic E-state index is -0.545. The molecule has 5 atom stereocenters. The molecule has 0 spiro atoms. The third-order valence-electron chi connectivity index (χ3n) is 5.25.